The maximum absolute atomic E-state index is 10.2. The molecule has 0 saturated heterocycles. The molecular weight excluding hydrogens is 472 g/mol. The van der Waals surface area contributed by atoms with Gasteiger partial charge in [0.2, 0.25) is 0 Å². The summed E-state index contributed by atoms with van der Waals surface area (Å²) in [5.41, 5.74) is 4.34. The zero-order valence-corrected chi connectivity index (χ0v) is 20.4. The average Bonchev–Trinajstić information content (AvgIpc) is 2.95. The van der Waals surface area contributed by atoms with E-state index in [1.165, 1.54) is 45.8 Å². The number of phenols is 1. The summed E-state index contributed by atoms with van der Waals surface area (Å²) < 4.78 is 0. The van der Waals surface area contributed by atoms with Crippen LogP contribution in [0, 0.1) is 0 Å². The van der Waals surface area contributed by atoms with Gasteiger partial charge < -0.3 is 10.2 Å². The van der Waals surface area contributed by atoms with E-state index >= 15 is 0 Å². The van der Waals surface area contributed by atoms with Gasteiger partial charge in [0.05, 0.1) is 27.6 Å². The van der Waals surface area contributed by atoms with E-state index in [9.17, 15) is 4.79 Å². The summed E-state index contributed by atoms with van der Waals surface area (Å²) in [6, 6.07) is 42.7. The standard InChI is InChI=1S/2C13H9N.C7H6O3/c2*1-3-7-12-10(5-1)9-11-6-2-4-8-13(11)14-12;8-6-3-1-2-5(4-6)7(9)10/h2*1-9H;1-4,8H,(H,9,10). The van der Waals surface area contributed by atoms with Gasteiger partial charge in [-0.15, -0.1) is 0 Å². The monoisotopic (exact) mass is 496 g/mol. The molecule has 0 aliphatic heterocycles. The summed E-state index contributed by atoms with van der Waals surface area (Å²) >= 11 is 0. The Hall–Kier alpha value is -5.29. The Morgan fingerprint density at radius 2 is 0.842 bits per heavy atom. The number of fused-ring (bicyclic) bond motifs is 4. The van der Waals surface area contributed by atoms with Crippen molar-refractivity contribution in [3.05, 3.63) is 139 Å². The Labute approximate surface area is 219 Å². The number of benzene rings is 5. The smallest absolute Gasteiger partial charge is 0.335 e. The van der Waals surface area contributed by atoms with Crippen LogP contribution in [0.2, 0.25) is 0 Å². The fourth-order valence-electron chi connectivity index (χ4n) is 4.08. The third kappa shape index (κ3) is 5.74. The van der Waals surface area contributed by atoms with Gasteiger partial charge in [-0.05, 0) is 54.6 Å². The number of phenolic OH excluding ortho intramolecular Hbond substituents is 1. The highest BCUT2D eigenvalue weighted by atomic mass is 16.4. The Morgan fingerprint density at radius 3 is 1.16 bits per heavy atom. The van der Waals surface area contributed by atoms with Gasteiger partial charge in [-0.3, -0.25) is 0 Å². The van der Waals surface area contributed by atoms with Crippen molar-refractivity contribution in [2.75, 3.05) is 0 Å². The third-order valence-electron chi connectivity index (χ3n) is 5.94. The third-order valence-corrected chi connectivity index (χ3v) is 5.94. The predicted octanol–water partition coefficient (Wildman–Crippen LogP) is 7.87. The maximum atomic E-state index is 10.2. The molecule has 0 saturated carbocycles. The van der Waals surface area contributed by atoms with E-state index < -0.39 is 5.97 Å². The first-order valence-electron chi connectivity index (χ1n) is 12.1. The SMILES string of the molecule is O=C(O)c1cccc(O)c1.c1ccc2nc3ccccc3cc2c1.c1ccc2nc3ccccc3cc2c1. The van der Waals surface area contributed by atoms with Crippen molar-refractivity contribution < 1.29 is 15.0 Å². The number of carboxylic acids is 1. The van der Waals surface area contributed by atoms with Gasteiger partial charge in [0.25, 0.3) is 0 Å². The number of nitrogens with zero attached hydrogens (tertiary/aromatic N) is 2. The number of aromatic nitrogens is 2. The molecule has 7 aromatic rings. The lowest BCUT2D eigenvalue weighted by atomic mass is 10.1. The molecule has 38 heavy (non-hydrogen) atoms. The Kier molecular flexibility index (Phi) is 7.18. The molecule has 2 heterocycles. The fraction of sp³-hybridized carbons (Fsp3) is 0. The number of para-hydroxylation sites is 4. The summed E-state index contributed by atoms with van der Waals surface area (Å²) in [6.45, 7) is 0. The normalized spacial score (nSPS) is 10.4. The van der Waals surface area contributed by atoms with Gasteiger partial charge in [-0.2, -0.15) is 0 Å². The van der Waals surface area contributed by atoms with Crippen molar-refractivity contribution >= 4 is 49.6 Å². The van der Waals surface area contributed by atoms with E-state index in [2.05, 4.69) is 46.4 Å². The molecule has 0 amide bonds. The molecule has 0 unspecified atom stereocenters. The highest BCUT2D eigenvalue weighted by molar-refractivity contribution is 5.93. The van der Waals surface area contributed by atoms with Crippen LogP contribution < -0.4 is 0 Å². The average molecular weight is 497 g/mol. The number of pyridine rings is 2. The van der Waals surface area contributed by atoms with Crippen LogP contribution in [0.3, 0.4) is 0 Å². The molecule has 2 aromatic heterocycles. The molecule has 2 N–H and O–H groups in total. The quantitative estimate of drug-likeness (QED) is 0.226. The van der Waals surface area contributed by atoms with Gasteiger partial charge >= 0.3 is 5.97 Å². The molecule has 5 aromatic carbocycles. The lowest BCUT2D eigenvalue weighted by Gasteiger charge is -1.99. The lowest BCUT2D eigenvalue weighted by molar-refractivity contribution is 0.0696. The topological polar surface area (TPSA) is 83.3 Å². The molecule has 0 atom stereocenters. The minimum absolute atomic E-state index is 0.0279. The Bertz CT molecular complexity index is 1560. The molecule has 5 nitrogen and oxygen atoms in total. The second-order valence-corrected chi connectivity index (χ2v) is 8.60. The number of hydrogen-bond donors (Lipinski definition) is 2. The summed E-state index contributed by atoms with van der Waals surface area (Å²) in [7, 11) is 0. The number of hydrogen-bond acceptors (Lipinski definition) is 4. The molecule has 0 fully saturated rings. The molecule has 0 spiro atoms. The van der Waals surface area contributed by atoms with Crippen molar-refractivity contribution in [3.63, 3.8) is 0 Å². The largest absolute Gasteiger partial charge is 0.508 e. The van der Waals surface area contributed by atoms with Crippen molar-refractivity contribution in [2.24, 2.45) is 0 Å². The molecule has 0 bridgehead atoms. The minimum atomic E-state index is -1.03. The first-order chi connectivity index (χ1) is 18.6. The van der Waals surface area contributed by atoms with Crippen molar-refractivity contribution in [1.82, 2.24) is 9.97 Å². The number of aromatic hydroxyl groups is 1. The van der Waals surface area contributed by atoms with Gasteiger partial charge in [0.15, 0.2) is 0 Å². The van der Waals surface area contributed by atoms with E-state index in [4.69, 9.17) is 10.2 Å². The van der Waals surface area contributed by atoms with E-state index in [1.807, 2.05) is 72.8 Å². The summed E-state index contributed by atoms with van der Waals surface area (Å²) in [4.78, 5) is 19.4. The van der Waals surface area contributed by atoms with Gasteiger partial charge in [0, 0.05) is 21.5 Å². The zero-order valence-electron chi connectivity index (χ0n) is 20.4. The minimum Gasteiger partial charge on any atom is -0.508 e. The highest BCUT2D eigenvalue weighted by Gasteiger charge is 2.01. The maximum Gasteiger partial charge on any atom is 0.335 e. The molecular formula is C33H24N2O3. The van der Waals surface area contributed by atoms with E-state index in [1.54, 1.807) is 0 Å². The van der Waals surface area contributed by atoms with Crippen LogP contribution in [-0.4, -0.2) is 26.2 Å². The number of rotatable bonds is 1. The van der Waals surface area contributed by atoms with Gasteiger partial charge in [0.1, 0.15) is 5.75 Å². The highest BCUT2D eigenvalue weighted by Crippen LogP contribution is 2.19. The second kappa shape index (κ2) is 11.2. The predicted molar refractivity (Wildman–Crippen MR) is 154 cm³/mol. The van der Waals surface area contributed by atoms with E-state index in [0.29, 0.717) is 0 Å². The summed E-state index contributed by atoms with van der Waals surface area (Å²) in [6.07, 6.45) is 0. The Morgan fingerprint density at radius 1 is 0.474 bits per heavy atom. The first kappa shape index (κ1) is 24.4. The molecule has 0 aliphatic carbocycles. The van der Waals surface area contributed by atoms with Crippen LogP contribution in [0.15, 0.2) is 133 Å². The van der Waals surface area contributed by atoms with E-state index in [-0.39, 0.29) is 11.3 Å². The number of carbonyl (C=O) groups is 1. The fourth-order valence-corrected chi connectivity index (χ4v) is 4.08. The molecule has 184 valence electrons. The van der Waals surface area contributed by atoms with Crippen molar-refractivity contribution in [1.29, 1.82) is 0 Å². The zero-order chi connectivity index (χ0) is 26.3. The van der Waals surface area contributed by atoms with Crippen LogP contribution in [0.4, 0.5) is 0 Å². The first-order valence-corrected chi connectivity index (χ1v) is 12.1. The van der Waals surface area contributed by atoms with Crippen molar-refractivity contribution in [2.45, 2.75) is 0 Å². The number of carboxylic acid groups (broad SMARTS) is 1. The summed E-state index contributed by atoms with van der Waals surface area (Å²) in [5, 5.41) is 22.0. The molecule has 0 radical (unpaired) electrons. The second-order valence-electron chi connectivity index (χ2n) is 8.60. The van der Waals surface area contributed by atoms with Gasteiger partial charge in [-0.1, -0.05) is 78.9 Å². The van der Waals surface area contributed by atoms with Crippen LogP contribution in [-0.2, 0) is 0 Å². The molecule has 5 heteroatoms. The van der Waals surface area contributed by atoms with Crippen molar-refractivity contribution in [3.8, 4) is 5.75 Å². The number of aromatic carboxylic acids is 1. The van der Waals surface area contributed by atoms with Crippen LogP contribution in [0.25, 0.3) is 43.6 Å². The van der Waals surface area contributed by atoms with E-state index in [0.717, 1.165) is 22.1 Å². The Balaban J connectivity index is 0.000000118. The van der Waals surface area contributed by atoms with Gasteiger partial charge in [-0.25, -0.2) is 14.8 Å². The molecule has 7 rings (SSSR count). The lowest BCUT2D eigenvalue weighted by Crippen LogP contribution is -1.94. The molecule has 0 aliphatic rings. The van der Waals surface area contributed by atoms with Crippen LogP contribution in [0.5, 0.6) is 5.75 Å². The van der Waals surface area contributed by atoms with Crippen LogP contribution >= 0.6 is 0 Å². The van der Waals surface area contributed by atoms with Crippen LogP contribution in [0.1, 0.15) is 10.4 Å². The summed E-state index contributed by atoms with van der Waals surface area (Å²) in [5.74, 6) is -1.06.